The number of hydrogen-bond acceptors (Lipinski definition) is 7. The van der Waals surface area contributed by atoms with E-state index in [0.29, 0.717) is 28.0 Å². The molecule has 0 spiro atoms. The monoisotopic (exact) mass is 366 g/mol. The van der Waals surface area contributed by atoms with Gasteiger partial charge in [0, 0.05) is 0 Å². The Morgan fingerprint density at radius 3 is 2.64 bits per heavy atom. The Hall–Kier alpha value is -3.01. The third kappa shape index (κ3) is 4.51. The number of rotatable bonds is 7. The number of benzene rings is 1. The molecule has 0 aromatic heterocycles. The van der Waals surface area contributed by atoms with Crippen molar-refractivity contribution in [3.8, 4) is 11.5 Å². The van der Waals surface area contributed by atoms with Crippen LogP contribution in [0.1, 0.15) is 5.56 Å². The molecular formula is C15H14N2O7S. The third-order valence-corrected chi connectivity index (χ3v) is 3.93. The summed E-state index contributed by atoms with van der Waals surface area (Å²) in [6.07, 6.45) is 1.44. The normalized spacial score (nSPS) is 15.6. The first-order valence-electron chi connectivity index (χ1n) is 6.88. The van der Waals surface area contributed by atoms with E-state index >= 15 is 0 Å². The van der Waals surface area contributed by atoms with Gasteiger partial charge in [0.25, 0.3) is 17.1 Å². The van der Waals surface area contributed by atoms with Crippen LogP contribution in [0.25, 0.3) is 6.08 Å². The zero-order valence-electron chi connectivity index (χ0n) is 13.1. The van der Waals surface area contributed by atoms with Gasteiger partial charge in [-0.2, -0.15) is 0 Å². The van der Waals surface area contributed by atoms with Crippen LogP contribution in [0.15, 0.2) is 23.1 Å². The number of aliphatic carboxylic acids is 1. The molecule has 1 aromatic rings. The van der Waals surface area contributed by atoms with E-state index in [1.165, 1.54) is 19.3 Å². The second-order valence-corrected chi connectivity index (χ2v) is 5.82. The van der Waals surface area contributed by atoms with Crippen LogP contribution in [0.5, 0.6) is 11.5 Å². The van der Waals surface area contributed by atoms with Gasteiger partial charge in [-0.25, -0.2) is 0 Å². The minimum atomic E-state index is -1.28. The van der Waals surface area contributed by atoms with Gasteiger partial charge >= 0.3 is 5.97 Å². The van der Waals surface area contributed by atoms with Crippen molar-refractivity contribution >= 4 is 40.9 Å². The van der Waals surface area contributed by atoms with E-state index in [0.717, 1.165) is 0 Å². The number of thioether (sulfide) groups is 1. The van der Waals surface area contributed by atoms with Crippen molar-refractivity contribution in [3.05, 3.63) is 28.7 Å². The fraction of sp³-hybridized carbons (Fsp3) is 0.200. The van der Waals surface area contributed by atoms with Crippen LogP contribution in [-0.4, -0.2) is 53.3 Å². The molecule has 1 heterocycles. The molecule has 0 radical (unpaired) electrons. The number of primary amides is 1. The average Bonchev–Trinajstić information content (AvgIpc) is 2.80. The Labute approximate surface area is 146 Å². The molecule has 132 valence electrons. The molecule has 3 N–H and O–H groups in total. The Balaban J connectivity index is 2.23. The number of carboxylic acids is 1. The third-order valence-electron chi connectivity index (χ3n) is 3.02. The fourth-order valence-electron chi connectivity index (χ4n) is 1.97. The highest BCUT2D eigenvalue weighted by Gasteiger charge is 2.36. The van der Waals surface area contributed by atoms with Crippen molar-refractivity contribution in [3.63, 3.8) is 0 Å². The Kier molecular flexibility index (Phi) is 5.65. The lowest BCUT2D eigenvalue weighted by Gasteiger charge is -2.10. The van der Waals surface area contributed by atoms with E-state index in [2.05, 4.69) is 0 Å². The number of amides is 3. The molecule has 25 heavy (non-hydrogen) atoms. The topological polar surface area (TPSA) is 136 Å². The number of carboxylic acid groups (broad SMARTS) is 1. The van der Waals surface area contributed by atoms with Crippen LogP contribution in [0, 0.1) is 0 Å². The van der Waals surface area contributed by atoms with Crippen LogP contribution < -0.4 is 15.2 Å². The van der Waals surface area contributed by atoms with Crippen LogP contribution in [0.2, 0.25) is 0 Å². The van der Waals surface area contributed by atoms with Gasteiger partial charge in [0.05, 0.1) is 12.0 Å². The molecule has 1 saturated heterocycles. The van der Waals surface area contributed by atoms with Gasteiger partial charge in [0.2, 0.25) is 0 Å². The lowest BCUT2D eigenvalue weighted by Crippen LogP contribution is -2.33. The van der Waals surface area contributed by atoms with Crippen LogP contribution in [-0.2, 0) is 14.4 Å². The van der Waals surface area contributed by atoms with E-state index < -0.39 is 29.6 Å². The average molecular weight is 366 g/mol. The van der Waals surface area contributed by atoms with Crippen molar-refractivity contribution in [2.75, 3.05) is 20.3 Å². The Morgan fingerprint density at radius 2 is 2.04 bits per heavy atom. The van der Waals surface area contributed by atoms with E-state index in [1.54, 1.807) is 12.1 Å². The van der Waals surface area contributed by atoms with Crippen LogP contribution in [0.4, 0.5) is 4.79 Å². The van der Waals surface area contributed by atoms with Crippen molar-refractivity contribution in [2.45, 2.75) is 0 Å². The minimum Gasteiger partial charge on any atom is -0.493 e. The predicted octanol–water partition coefficient (Wildman–Crippen LogP) is 0.680. The van der Waals surface area contributed by atoms with Gasteiger partial charge in [0.1, 0.15) is 6.54 Å². The largest absolute Gasteiger partial charge is 0.493 e. The molecule has 0 saturated carbocycles. The highest BCUT2D eigenvalue weighted by Crippen LogP contribution is 2.34. The van der Waals surface area contributed by atoms with Crippen LogP contribution >= 0.6 is 11.8 Å². The number of methoxy groups -OCH3 is 1. The number of hydrogen-bond donors (Lipinski definition) is 2. The van der Waals surface area contributed by atoms with Crippen molar-refractivity contribution in [1.29, 1.82) is 0 Å². The summed E-state index contributed by atoms with van der Waals surface area (Å²) < 4.78 is 10.3. The second kappa shape index (κ2) is 7.71. The maximum absolute atomic E-state index is 12.1. The van der Waals surface area contributed by atoms with Crippen LogP contribution in [0.3, 0.4) is 0 Å². The number of ether oxygens (including phenoxy) is 2. The molecule has 0 aliphatic carbocycles. The summed E-state index contributed by atoms with van der Waals surface area (Å²) >= 11 is 0.652. The zero-order valence-corrected chi connectivity index (χ0v) is 13.9. The number of imide groups is 1. The van der Waals surface area contributed by atoms with Gasteiger partial charge in [-0.15, -0.1) is 0 Å². The number of nitrogens with zero attached hydrogens (tertiary/aromatic N) is 1. The standard InChI is InChI=1S/C15H14N2O7S/c1-23-10-4-8(2-3-9(10)24-7-12(16)18)5-11-14(21)17(6-13(19)20)15(22)25-11/h2-5H,6-7H2,1H3,(H2,16,18)(H,19,20)/b11-5+. The molecule has 1 aliphatic rings. The lowest BCUT2D eigenvalue weighted by atomic mass is 10.2. The van der Waals surface area contributed by atoms with E-state index in [1.807, 2.05) is 0 Å². The smallest absolute Gasteiger partial charge is 0.323 e. The molecule has 3 amide bonds. The number of carbonyl (C=O) groups is 4. The van der Waals surface area contributed by atoms with E-state index in [-0.39, 0.29) is 17.3 Å². The van der Waals surface area contributed by atoms with Crippen molar-refractivity contribution < 1.29 is 33.8 Å². The summed E-state index contributed by atoms with van der Waals surface area (Å²) in [5, 5.41) is 8.09. The number of nitrogens with two attached hydrogens (primary N) is 1. The summed E-state index contributed by atoms with van der Waals surface area (Å²) in [7, 11) is 1.40. The SMILES string of the molecule is COc1cc(/C=C2/SC(=O)N(CC(=O)O)C2=O)ccc1OCC(N)=O. The predicted molar refractivity (Wildman–Crippen MR) is 88.0 cm³/mol. The minimum absolute atomic E-state index is 0.0964. The van der Waals surface area contributed by atoms with Gasteiger partial charge < -0.3 is 20.3 Å². The van der Waals surface area contributed by atoms with Gasteiger partial charge in [-0.05, 0) is 35.5 Å². The molecule has 0 atom stereocenters. The molecule has 1 aliphatic heterocycles. The number of carbonyl (C=O) groups excluding carboxylic acids is 3. The molecule has 1 fully saturated rings. The highest BCUT2D eigenvalue weighted by atomic mass is 32.2. The first kappa shape index (κ1) is 18.3. The summed E-state index contributed by atoms with van der Waals surface area (Å²) in [6, 6.07) is 4.65. The second-order valence-electron chi connectivity index (χ2n) is 4.83. The van der Waals surface area contributed by atoms with E-state index in [4.69, 9.17) is 20.3 Å². The fourth-order valence-corrected chi connectivity index (χ4v) is 2.80. The Bertz CT molecular complexity index is 775. The quantitative estimate of drug-likeness (QED) is 0.672. The lowest BCUT2D eigenvalue weighted by molar-refractivity contribution is -0.140. The molecule has 0 unspecified atom stereocenters. The summed E-state index contributed by atoms with van der Waals surface area (Å²) in [4.78, 5) is 46.0. The molecule has 0 bridgehead atoms. The van der Waals surface area contributed by atoms with Gasteiger partial charge in [0.15, 0.2) is 18.1 Å². The van der Waals surface area contributed by atoms with Crippen molar-refractivity contribution in [2.24, 2.45) is 5.73 Å². The van der Waals surface area contributed by atoms with Gasteiger partial charge in [-0.1, -0.05) is 6.07 Å². The summed E-state index contributed by atoms with van der Waals surface area (Å²) in [6.45, 7) is -1.00. The van der Waals surface area contributed by atoms with E-state index in [9.17, 15) is 19.2 Å². The summed E-state index contributed by atoms with van der Waals surface area (Å²) in [5.74, 6) is -2.00. The van der Waals surface area contributed by atoms with Crippen molar-refractivity contribution in [1.82, 2.24) is 4.90 Å². The first-order chi connectivity index (χ1) is 11.8. The van der Waals surface area contributed by atoms with Gasteiger partial charge in [-0.3, -0.25) is 24.1 Å². The molecular weight excluding hydrogens is 352 g/mol. The molecule has 1 aromatic carbocycles. The highest BCUT2D eigenvalue weighted by molar-refractivity contribution is 8.18. The summed E-state index contributed by atoms with van der Waals surface area (Å²) in [5.41, 5.74) is 5.55. The molecule has 10 heteroatoms. The maximum atomic E-state index is 12.1. The molecule has 9 nitrogen and oxygen atoms in total. The zero-order chi connectivity index (χ0) is 18.6. The molecule has 2 rings (SSSR count). The maximum Gasteiger partial charge on any atom is 0.323 e. The first-order valence-corrected chi connectivity index (χ1v) is 7.69. The Morgan fingerprint density at radius 1 is 1.32 bits per heavy atom.